The van der Waals surface area contributed by atoms with E-state index in [1.54, 1.807) is 11.3 Å². The van der Waals surface area contributed by atoms with Crippen molar-refractivity contribution in [2.75, 3.05) is 6.54 Å². The first-order chi connectivity index (χ1) is 11.1. The average molecular weight is 330 g/mol. The summed E-state index contributed by atoms with van der Waals surface area (Å²) >= 11 is 1.59. The summed E-state index contributed by atoms with van der Waals surface area (Å²) < 4.78 is 0. The van der Waals surface area contributed by atoms with Gasteiger partial charge in [-0.3, -0.25) is 19.3 Å². The molecule has 1 aromatic rings. The second-order valence-electron chi connectivity index (χ2n) is 6.43. The third-order valence-corrected chi connectivity index (χ3v) is 6.04. The first kappa shape index (κ1) is 14.6. The minimum atomic E-state index is -0.174. The lowest BCUT2D eigenvalue weighted by molar-refractivity contribution is -0.141. The van der Waals surface area contributed by atoms with E-state index in [-0.39, 0.29) is 54.4 Å². The molecule has 0 unspecified atom stereocenters. The summed E-state index contributed by atoms with van der Waals surface area (Å²) in [4.78, 5) is 39.3. The van der Waals surface area contributed by atoms with Gasteiger partial charge in [0.15, 0.2) is 0 Å². The highest BCUT2D eigenvalue weighted by molar-refractivity contribution is 7.09. The smallest absolute Gasteiger partial charge is 0.233 e. The molecule has 2 heterocycles. The van der Waals surface area contributed by atoms with Gasteiger partial charge in [-0.05, 0) is 29.7 Å². The van der Waals surface area contributed by atoms with E-state index in [1.807, 2.05) is 17.5 Å². The first-order valence-corrected chi connectivity index (χ1v) is 8.86. The molecule has 0 radical (unpaired) electrons. The number of hydrogen-bond donors (Lipinski definition) is 1. The zero-order chi connectivity index (χ0) is 16.0. The zero-order valence-corrected chi connectivity index (χ0v) is 13.4. The van der Waals surface area contributed by atoms with Crippen molar-refractivity contribution in [1.82, 2.24) is 10.2 Å². The first-order valence-electron chi connectivity index (χ1n) is 7.98. The molecule has 1 aliphatic heterocycles. The fourth-order valence-electron chi connectivity index (χ4n) is 4.09. The van der Waals surface area contributed by atoms with Gasteiger partial charge in [0, 0.05) is 17.8 Å². The fraction of sp³-hybridized carbons (Fsp3) is 0.471. The number of likely N-dealkylation sites (tertiary alicyclic amines) is 1. The number of carbonyl (C=O) groups excluding carboxylic acids is 3. The highest BCUT2D eigenvalue weighted by atomic mass is 32.1. The Balaban J connectivity index is 1.32. The maximum Gasteiger partial charge on any atom is 0.233 e. The number of allylic oxidation sites excluding steroid dienone is 2. The molecule has 3 aliphatic rings. The van der Waals surface area contributed by atoms with Crippen LogP contribution in [0.3, 0.4) is 0 Å². The minimum Gasteiger partial charge on any atom is -0.351 e. The van der Waals surface area contributed by atoms with Crippen molar-refractivity contribution in [3.05, 3.63) is 34.5 Å². The lowest BCUT2D eigenvalue weighted by Gasteiger charge is -2.16. The van der Waals surface area contributed by atoms with E-state index >= 15 is 0 Å². The van der Waals surface area contributed by atoms with E-state index < -0.39 is 0 Å². The van der Waals surface area contributed by atoms with Crippen molar-refractivity contribution in [2.24, 2.45) is 23.7 Å². The molecule has 2 fully saturated rings. The standard InChI is InChI=1S/C17H18N2O3S/c20-13(18-9-12-2-1-7-23-12)5-6-19-16(21)14-10-3-4-11(8-10)15(14)17(19)22/h1-4,7,10-11,14-15H,5-6,8-9H2,(H,18,20)/t10-,11-,14-,15-/m0/s1. The molecule has 0 aromatic carbocycles. The van der Waals surface area contributed by atoms with E-state index in [0.717, 1.165) is 11.3 Å². The number of fused-ring (bicyclic) bond motifs is 5. The van der Waals surface area contributed by atoms with Crippen molar-refractivity contribution < 1.29 is 14.4 Å². The number of hydrogen-bond acceptors (Lipinski definition) is 4. The summed E-state index contributed by atoms with van der Waals surface area (Å²) in [6.45, 7) is 0.693. The van der Waals surface area contributed by atoms with Gasteiger partial charge in [-0.25, -0.2) is 0 Å². The number of nitrogens with zero attached hydrogens (tertiary/aromatic N) is 1. The molecule has 4 rings (SSSR count). The topological polar surface area (TPSA) is 66.5 Å². The number of amides is 3. The molecule has 120 valence electrons. The van der Waals surface area contributed by atoms with Crippen LogP contribution in [0.4, 0.5) is 0 Å². The molecule has 3 amide bonds. The number of carbonyl (C=O) groups is 3. The summed E-state index contributed by atoms with van der Waals surface area (Å²) in [5, 5.41) is 4.79. The Bertz CT molecular complexity index is 652. The lowest BCUT2D eigenvalue weighted by atomic mass is 9.85. The Morgan fingerprint density at radius 1 is 1.22 bits per heavy atom. The number of nitrogens with one attached hydrogen (secondary N) is 1. The van der Waals surface area contributed by atoms with Crippen LogP contribution in [0.1, 0.15) is 17.7 Å². The van der Waals surface area contributed by atoms with Gasteiger partial charge in [0.1, 0.15) is 0 Å². The zero-order valence-electron chi connectivity index (χ0n) is 12.6. The Labute approximate surface area is 138 Å². The molecule has 1 saturated heterocycles. The van der Waals surface area contributed by atoms with E-state index in [0.29, 0.717) is 6.54 Å². The van der Waals surface area contributed by atoms with E-state index in [2.05, 4.69) is 17.5 Å². The van der Waals surface area contributed by atoms with Gasteiger partial charge >= 0.3 is 0 Å². The van der Waals surface area contributed by atoms with E-state index in [1.165, 1.54) is 4.90 Å². The van der Waals surface area contributed by atoms with E-state index in [9.17, 15) is 14.4 Å². The van der Waals surface area contributed by atoms with Gasteiger partial charge < -0.3 is 5.32 Å². The highest BCUT2D eigenvalue weighted by Gasteiger charge is 2.58. The SMILES string of the molecule is O=C(CCN1C(=O)[C@@H]2[C@@H](C1=O)[C@H]1C=C[C@H]2C1)NCc1cccs1. The van der Waals surface area contributed by atoms with Crippen LogP contribution in [-0.2, 0) is 20.9 Å². The third kappa shape index (κ3) is 2.41. The highest BCUT2D eigenvalue weighted by Crippen LogP contribution is 2.52. The van der Waals surface area contributed by atoms with Crippen molar-refractivity contribution >= 4 is 29.1 Å². The minimum absolute atomic E-state index is 0.0806. The number of rotatable bonds is 5. The Kier molecular flexibility index (Phi) is 3.56. The van der Waals surface area contributed by atoms with E-state index in [4.69, 9.17) is 0 Å². The maximum absolute atomic E-state index is 12.5. The summed E-state index contributed by atoms with van der Waals surface area (Å²) in [5.74, 6) is -0.195. The molecular formula is C17H18N2O3S. The quantitative estimate of drug-likeness (QED) is 0.658. The molecule has 1 aromatic heterocycles. The van der Waals surface area contributed by atoms with Gasteiger partial charge in [0.2, 0.25) is 17.7 Å². The molecular weight excluding hydrogens is 312 g/mol. The van der Waals surface area contributed by atoms with Gasteiger partial charge in [-0.2, -0.15) is 0 Å². The summed E-state index contributed by atoms with van der Waals surface area (Å²) in [5.41, 5.74) is 0. The van der Waals surface area contributed by atoms with Crippen molar-refractivity contribution in [3.63, 3.8) is 0 Å². The summed E-state index contributed by atoms with van der Waals surface area (Å²) in [6.07, 6.45) is 5.26. The molecule has 5 nitrogen and oxygen atoms in total. The predicted octanol–water partition coefficient (Wildman–Crippen LogP) is 1.56. The molecule has 4 atom stereocenters. The molecule has 23 heavy (non-hydrogen) atoms. The summed E-state index contributed by atoms with van der Waals surface area (Å²) in [6, 6.07) is 3.90. The van der Waals surface area contributed by atoms with Crippen LogP contribution >= 0.6 is 11.3 Å². The number of imide groups is 1. The molecule has 2 bridgehead atoms. The third-order valence-electron chi connectivity index (χ3n) is 5.16. The molecule has 1 saturated carbocycles. The Morgan fingerprint density at radius 2 is 1.91 bits per heavy atom. The van der Waals surface area contributed by atoms with Crippen molar-refractivity contribution in [2.45, 2.75) is 19.4 Å². The van der Waals surface area contributed by atoms with Crippen LogP contribution in [0.25, 0.3) is 0 Å². The van der Waals surface area contributed by atoms with Crippen LogP contribution in [0.5, 0.6) is 0 Å². The maximum atomic E-state index is 12.5. The van der Waals surface area contributed by atoms with Crippen LogP contribution in [0, 0.1) is 23.7 Å². The van der Waals surface area contributed by atoms with Gasteiger partial charge in [0.25, 0.3) is 0 Å². The Hall–Kier alpha value is -1.95. The van der Waals surface area contributed by atoms with Crippen LogP contribution in [0.15, 0.2) is 29.7 Å². The fourth-order valence-corrected chi connectivity index (χ4v) is 4.73. The second kappa shape index (κ2) is 5.60. The van der Waals surface area contributed by atoms with Crippen LogP contribution in [0.2, 0.25) is 0 Å². The Morgan fingerprint density at radius 3 is 2.52 bits per heavy atom. The monoisotopic (exact) mass is 330 g/mol. The van der Waals surface area contributed by atoms with Crippen molar-refractivity contribution in [1.29, 1.82) is 0 Å². The van der Waals surface area contributed by atoms with Crippen LogP contribution in [-0.4, -0.2) is 29.2 Å². The number of thiophene rings is 1. The van der Waals surface area contributed by atoms with Gasteiger partial charge in [0.05, 0.1) is 18.4 Å². The molecule has 6 heteroatoms. The molecule has 1 N–H and O–H groups in total. The average Bonchev–Trinajstić information content (AvgIpc) is 3.29. The largest absolute Gasteiger partial charge is 0.351 e. The normalized spacial score (nSPS) is 31.0. The predicted molar refractivity (Wildman–Crippen MR) is 85.2 cm³/mol. The van der Waals surface area contributed by atoms with Crippen molar-refractivity contribution in [3.8, 4) is 0 Å². The molecule has 2 aliphatic carbocycles. The van der Waals surface area contributed by atoms with Gasteiger partial charge in [-0.1, -0.05) is 18.2 Å². The summed E-state index contributed by atoms with van der Waals surface area (Å²) in [7, 11) is 0. The van der Waals surface area contributed by atoms with Crippen LogP contribution < -0.4 is 5.32 Å². The second-order valence-corrected chi connectivity index (χ2v) is 7.47. The lowest BCUT2D eigenvalue weighted by Crippen LogP contribution is -2.36. The molecule has 0 spiro atoms. The van der Waals surface area contributed by atoms with Gasteiger partial charge in [-0.15, -0.1) is 11.3 Å².